The van der Waals surface area contributed by atoms with Crippen molar-refractivity contribution in [2.24, 2.45) is 0 Å². The first-order chi connectivity index (χ1) is 7.72. The molecule has 0 saturated heterocycles. The highest BCUT2D eigenvalue weighted by Gasteiger charge is 2.09. The summed E-state index contributed by atoms with van der Waals surface area (Å²) in [7, 11) is 0. The highest BCUT2D eigenvalue weighted by Crippen LogP contribution is 2.28. The topological polar surface area (TPSA) is 30.0 Å². The summed E-state index contributed by atoms with van der Waals surface area (Å²) in [5.74, 6) is -0.370. The smallest absolute Gasteiger partial charge is 0.168 e. The van der Waals surface area contributed by atoms with Crippen molar-refractivity contribution in [3.8, 4) is 11.1 Å². The number of rotatable bonds is 2. The first-order valence-electron chi connectivity index (χ1n) is 4.59. The van der Waals surface area contributed by atoms with Crippen LogP contribution in [0.2, 0.25) is 5.15 Å². The Morgan fingerprint density at radius 3 is 2.50 bits per heavy atom. The van der Waals surface area contributed by atoms with E-state index >= 15 is 0 Å². The molecule has 0 spiro atoms. The van der Waals surface area contributed by atoms with Crippen LogP contribution in [0.15, 0.2) is 36.4 Å². The molecule has 0 atom stereocenters. The molecule has 2 nitrogen and oxygen atoms in total. The summed E-state index contributed by atoms with van der Waals surface area (Å²) in [6.07, 6.45) is 0.594. The maximum absolute atomic E-state index is 13.5. The lowest BCUT2D eigenvalue weighted by Crippen LogP contribution is -1.91. The lowest BCUT2D eigenvalue weighted by Gasteiger charge is -2.05. The van der Waals surface area contributed by atoms with Gasteiger partial charge in [-0.15, -0.1) is 0 Å². The van der Waals surface area contributed by atoms with Crippen molar-refractivity contribution in [3.05, 3.63) is 53.1 Å². The fraction of sp³-hybridized carbons (Fsp3) is 0. The molecule has 0 saturated carbocycles. The Kier molecular flexibility index (Phi) is 2.97. The van der Waals surface area contributed by atoms with Crippen molar-refractivity contribution in [3.63, 3.8) is 0 Å². The van der Waals surface area contributed by atoms with E-state index in [9.17, 15) is 9.18 Å². The minimum atomic E-state index is -0.370. The van der Waals surface area contributed by atoms with Gasteiger partial charge in [-0.2, -0.15) is 0 Å². The van der Waals surface area contributed by atoms with Crippen LogP contribution < -0.4 is 0 Å². The van der Waals surface area contributed by atoms with Crippen molar-refractivity contribution in [1.29, 1.82) is 0 Å². The number of aldehydes is 1. The van der Waals surface area contributed by atoms with Crippen LogP contribution in [0.3, 0.4) is 0 Å². The monoisotopic (exact) mass is 235 g/mol. The number of hydrogen-bond donors (Lipinski definition) is 0. The molecule has 1 aromatic carbocycles. The molecule has 80 valence electrons. The fourth-order valence-corrected chi connectivity index (χ4v) is 1.66. The molecule has 16 heavy (non-hydrogen) atoms. The molecule has 0 fully saturated rings. The summed E-state index contributed by atoms with van der Waals surface area (Å²) in [5, 5.41) is 0.120. The van der Waals surface area contributed by atoms with Gasteiger partial charge in [0.1, 0.15) is 16.7 Å². The number of halogens is 2. The molecular weight excluding hydrogens is 229 g/mol. The summed E-state index contributed by atoms with van der Waals surface area (Å²) in [5.41, 5.74) is 1.08. The second-order valence-corrected chi connectivity index (χ2v) is 3.53. The molecule has 0 amide bonds. The molecule has 2 rings (SSSR count). The Morgan fingerprint density at radius 1 is 1.12 bits per heavy atom. The number of pyridine rings is 1. The number of aromatic nitrogens is 1. The number of carbonyl (C=O) groups excluding carboxylic acids is 1. The Balaban J connectivity index is 2.57. The van der Waals surface area contributed by atoms with Gasteiger partial charge < -0.3 is 0 Å². The van der Waals surface area contributed by atoms with Gasteiger partial charge in [-0.3, -0.25) is 4.79 Å². The molecule has 0 aliphatic carbocycles. The van der Waals surface area contributed by atoms with Crippen LogP contribution in [-0.4, -0.2) is 11.3 Å². The van der Waals surface area contributed by atoms with Crippen molar-refractivity contribution >= 4 is 17.9 Å². The van der Waals surface area contributed by atoms with Gasteiger partial charge in [0.25, 0.3) is 0 Å². The molecule has 1 aromatic heterocycles. The van der Waals surface area contributed by atoms with Crippen molar-refractivity contribution in [2.45, 2.75) is 0 Å². The third-order valence-electron chi connectivity index (χ3n) is 2.16. The van der Waals surface area contributed by atoms with Crippen molar-refractivity contribution in [2.75, 3.05) is 0 Å². The van der Waals surface area contributed by atoms with E-state index < -0.39 is 0 Å². The molecular formula is C12H7ClFNO. The zero-order valence-corrected chi connectivity index (χ0v) is 8.91. The van der Waals surface area contributed by atoms with E-state index in [4.69, 9.17) is 11.6 Å². The summed E-state index contributed by atoms with van der Waals surface area (Å²) in [6.45, 7) is 0. The van der Waals surface area contributed by atoms with E-state index in [2.05, 4.69) is 4.98 Å². The predicted octanol–water partition coefficient (Wildman–Crippen LogP) is 3.35. The third kappa shape index (κ3) is 1.95. The van der Waals surface area contributed by atoms with E-state index in [0.29, 0.717) is 17.4 Å². The predicted molar refractivity (Wildman–Crippen MR) is 60.0 cm³/mol. The lowest BCUT2D eigenvalue weighted by molar-refractivity contribution is 0.111. The molecule has 0 N–H and O–H groups in total. The van der Waals surface area contributed by atoms with Gasteiger partial charge in [-0.05, 0) is 18.2 Å². The normalized spacial score (nSPS) is 10.1. The largest absolute Gasteiger partial charge is 0.296 e. The lowest BCUT2D eigenvalue weighted by atomic mass is 10.1. The number of benzene rings is 1. The maximum atomic E-state index is 13.5. The molecule has 0 unspecified atom stereocenters. The standard InChI is InChI=1S/C12H7ClFNO/c13-12-10(6-5-8(7-16)15-12)9-3-1-2-4-11(9)14/h1-7H. The summed E-state index contributed by atoms with van der Waals surface area (Å²) >= 11 is 5.88. The van der Waals surface area contributed by atoms with Gasteiger partial charge in [-0.1, -0.05) is 29.8 Å². The number of hydrogen-bond acceptors (Lipinski definition) is 2. The van der Waals surface area contributed by atoms with E-state index in [1.165, 1.54) is 12.1 Å². The highest BCUT2D eigenvalue weighted by molar-refractivity contribution is 6.32. The Morgan fingerprint density at radius 2 is 1.88 bits per heavy atom. The van der Waals surface area contributed by atoms with Crippen molar-refractivity contribution < 1.29 is 9.18 Å². The van der Waals surface area contributed by atoms with Gasteiger partial charge in [0.05, 0.1) is 0 Å². The van der Waals surface area contributed by atoms with Gasteiger partial charge >= 0.3 is 0 Å². The highest BCUT2D eigenvalue weighted by atomic mass is 35.5. The van der Waals surface area contributed by atoms with Crippen LogP contribution in [0.1, 0.15) is 10.5 Å². The van der Waals surface area contributed by atoms with Gasteiger partial charge in [0.2, 0.25) is 0 Å². The zero-order valence-electron chi connectivity index (χ0n) is 8.15. The van der Waals surface area contributed by atoms with E-state index in [1.54, 1.807) is 24.3 Å². The van der Waals surface area contributed by atoms with Gasteiger partial charge in [0, 0.05) is 11.1 Å². The third-order valence-corrected chi connectivity index (χ3v) is 2.44. The molecule has 0 aliphatic heterocycles. The zero-order chi connectivity index (χ0) is 11.5. The van der Waals surface area contributed by atoms with E-state index in [0.717, 1.165) is 0 Å². The van der Waals surface area contributed by atoms with E-state index in [-0.39, 0.29) is 16.7 Å². The van der Waals surface area contributed by atoms with Crippen LogP contribution in [0.25, 0.3) is 11.1 Å². The molecule has 0 radical (unpaired) electrons. The van der Waals surface area contributed by atoms with Crippen LogP contribution in [0.4, 0.5) is 4.39 Å². The fourth-order valence-electron chi connectivity index (χ4n) is 1.39. The minimum Gasteiger partial charge on any atom is -0.296 e. The summed E-state index contributed by atoms with van der Waals surface area (Å²) in [6, 6.07) is 9.35. The Bertz CT molecular complexity index is 542. The van der Waals surface area contributed by atoms with E-state index in [1.807, 2.05) is 0 Å². The Labute approximate surface area is 96.7 Å². The first kappa shape index (κ1) is 10.8. The van der Waals surface area contributed by atoms with Crippen LogP contribution in [0.5, 0.6) is 0 Å². The Hall–Kier alpha value is -1.74. The molecule has 0 bridgehead atoms. The summed E-state index contributed by atoms with van der Waals surface area (Å²) < 4.78 is 13.5. The number of carbonyl (C=O) groups is 1. The van der Waals surface area contributed by atoms with Gasteiger partial charge in [0.15, 0.2) is 6.29 Å². The SMILES string of the molecule is O=Cc1ccc(-c2ccccc2F)c(Cl)n1. The first-order valence-corrected chi connectivity index (χ1v) is 4.97. The van der Waals surface area contributed by atoms with Crippen LogP contribution >= 0.6 is 11.6 Å². The minimum absolute atomic E-state index is 0.120. The van der Waals surface area contributed by atoms with Gasteiger partial charge in [-0.25, -0.2) is 9.37 Å². The molecule has 1 heterocycles. The average molecular weight is 236 g/mol. The summed E-state index contributed by atoms with van der Waals surface area (Å²) in [4.78, 5) is 14.3. The van der Waals surface area contributed by atoms with Crippen LogP contribution in [-0.2, 0) is 0 Å². The van der Waals surface area contributed by atoms with Crippen molar-refractivity contribution in [1.82, 2.24) is 4.98 Å². The number of nitrogens with zero attached hydrogens (tertiary/aromatic N) is 1. The maximum Gasteiger partial charge on any atom is 0.168 e. The quantitative estimate of drug-likeness (QED) is 0.590. The average Bonchev–Trinajstić information content (AvgIpc) is 2.30. The second-order valence-electron chi connectivity index (χ2n) is 3.17. The molecule has 4 heteroatoms. The second kappa shape index (κ2) is 4.41. The molecule has 0 aliphatic rings. The molecule has 2 aromatic rings. The van der Waals surface area contributed by atoms with Crippen LogP contribution in [0, 0.1) is 5.82 Å².